The van der Waals surface area contributed by atoms with E-state index in [1.165, 1.54) is 11.8 Å². The highest BCUT2D eigenvalue weighted by atomic mass is 32.2. The zero-order valence-corrected chi connectivity index (χ0v) is 18.3. The molecule has 1 amide bonds. The van der Waals surface area contributed by atoms with E-state index in [9.17, 15) is 36.2 Å². The highest BCUT2D eigenvalue weighted by Gasteiger charge is 2.71. The van der Waals surface area contributed by atoms with Crippen molar-refractivity contribution in [2.24, 2.45) is 0 Å². The number of benzene rings is 2. The number of amides is 1. The smallest absolute Gasteiger partial charge is 0.369 e. The molecule has 0 aromatic heterocycles. The van der Waals surface area contributed by atoms with Crippen molar-refractivity contribution < 1.29 is 36.2 Å². The van der Waals surface area contributed by atoms with Gasteiger partial charge in [-0.05, 0) is 31.5 Å². The first-order valence-corrected chi connectivity index (χ1v) is 10.6. The third kappa shape index (κ3) is 4.84. The molecule has 1 atom stereocenters. The fraction of sp³-hybridized carbons (Fsp3) is 0.348. The van der Waals surface area contributed by atoms with E-state index in [0.29, 0.717) is 17.7 Å². The molecular weight excluding hydrogens is 468 g/mol. The summed E-state index contributed by atoms with van der Waals surface area (Å²) in [5.41, 5.74) is -4.54. The molecule has 1 N–H and O–H groups in total. The summed E-state index contributed by atoms with van der Waals surface area (Å²) in [6, 6.07) is 9.39. The molecule has 1 heterocycles. The van der Waals surface area contributed by atoms with E-state index in [1.807, 2.05) is 19.1 Å². The first-order chi connectivity index (χ1) is 15.3. The van der Waals surface area contributed by atoms with Crippen LogP contribution in [0.5, 0.6) is 0 Å². The first kappa shape index (κ1) is 25.0. The maximum Gasteiger partial charge on any atom is 0.430 e. The summed E-state index contributed by atoms with van der Waals surface area (Å²) in [7, 11) is 0. The third-order valence-electron chi connectivity index (χ3n) is 5.19. The van der Waals surface area contributed by atoms with E-state index in [1.54, 1.807) is 12.1 Å². The average Bonchev–Trinajstić information content (AvgIpc) is 2.72. The minimum atomic E-state index is -6.00. The van der Waals surface area contributed by atoms with Gasteiger partial charge in [0.15, 0.2) is 0 Å². The standard InChI is InChI=1S/C23H19F6NO2S/c1-3-4-17-13-30(20(31)11-15-7-5-14(2)6-8-15)18-10-9-16(12-19(18)33-17)21(32,22(24,25)26)23(27,28)29/h5-10,12,17,32H,11,13H2,1-2H3. The van der Waals surface area contributed by atoms with Crippen LogP contribution in [0.15, 0.2) is 47.4 Å². The fourth-order valence-electron chi connectivity index (χ4n) is 3.45. The molecule has 2 aromatic rings. The fourth-order valence-corrected chi connectivity index (χ4v) is 4.65. The largest absolute Gasteiger partial charge is 0.430 e. The molecule has 0 bridgehead atoms. The average molecular weight is 487 g/mol. The number of fused-ring (bicyclic) bond motifs is 1. The topological polar surface area (TPSA) is 40.5 Å². The van der Waals surface area contributed by atoms with E-state index >= 15 is 0 Å². The van der Waals surface area contributed by atoms with Gasteiger partial charge in [-0.2, -0.15) is 26.3 Å². The van der Waals surface area contributed by atoms with Gasteiger partial charge in [-0.25, -0.2) is 0 Å². The van der Waals surface area contributed by atoms with Gasteiger partial charge in [0.25, 0.3) is 5.60 Å². The lowest BCUT2D eigenvalue weighted by atomic mass is 9.92. The number of aryl methyl sites for hydroxylation is 1. The summed E-state index contributed by atoms with van der Waals surface area (Å²) in [5.74, 6) is 5.09. The molecule has 1 unspecified atom stereocenters. The zero-order valence-electron chi connectivity index (χ0n) is 17.5. The van der Waals surface area contributed by atoms with Crippen molar-refractivity contribution in [3.63, 3.8) is 0 Å². The predicted molar refractivity (Wildman–Crippen MR) is 113 cm³/mol. The van der Waals surface area contributed by atoms with Gasteiger partial charge in [0.2, 0.25) is 5.91 Å². The zero-order chi connectivity index (χ0) is 24.6. The van der Waals surface area contributed by atoms with Crippen LogP contribution < -0.4 is 4.90 Å². The molecule has 3 nitrogen and oxygen atoms in total. The molecular formula is C23H19F6NO2S. The van der Waals surface area contributed by atoms with Crippen molar-refractivity contribution in [2.75, 3.05) is 11.4 Å². The van der Waals surface area contributed by atoms with E-state index in [4.69, 9.17) is 0 Å². The van der Waals surface area contributed by atoms with E-state index in [-0.39, 0.29) is 29.5 Å². The van der Waals surface area contributed by atoms with Crippen LogP contribution in [-0.4, -0.2) is 35.2 Å². The summed E-state index contributed by atoms with van der Waals surface area (Å²) in [6.07, 6.45) is -12.0. The van der Waals surface area contributed by atoms with Crippen LogP contribution in [0.3, 0.4) is 0 Å². The highest BCUT2D eigenvalue weighted by Crippen LogP contribution is 2.51. The Morgan fingerprint density at radius 3 is 2.24 bits per heavy atom. The monoisotopic (exact) mass is 487 g/mol. The van der Waals surface area contributed by atoms with Gasteiger partial charge in [-0.3, -0.25) is 4.79 Å². The van der Waals surface area contributed by atoms with Gasteiger partial charge in [-0.1, -0.05) is 41.8 Å². The maximum absolute atomic E-state index is 13.3. The number of hydrogen-bond donors (Lipinski definition) is 1. The predicted octanol–water partition coefficient (Wildman–Crippen LogP) is 5.38. The number of thioether (sulfide) groups is 1. The number of anilines is 1. The Morgan fingerprint density at radius 2 is 1.70 bits per heavy atom. The third-order valence-corrected chi connectivity index (χ3v) is 6.32. The van der Waals surface area contributed by atoms with Crippen molar-refractivity contribution in [2.45, 2.75) is 48.4 Å². The number of hydrogen-bond acceptors (Lipinski definition) is 3. The minimum absolute atomic E-state index is 0.00400. The van der Waals surface area contributed by atoms with E-state index in [2.05, 4.69) is 11.8 Å². The molecule has 0 saturated carbocycles. The lowest BCUT2D eigenvalue weighted by Gasteiger charge is -2.36. The molecule has 0 saturated heterocycles. The SMILES string of the molecule is CC#CC1CN(C(=O)Cc2ccc(C)cc2)c2ccc(C(O)(C(F)(F)F)C(F)(F)F)cc2S1. The number of halogens is 6. The van der Waals surface area contributed by atoms with Gasteiger partial charge < -0.3 is 10.0 Å². The number of nitrogens with zero attached hydrogens (tertiary/aromatic N) is 1. The summed E-state index contributed by atoms with van der Waals surface area (Å²) in [6.45, 7) is 3.54. The molecule has 1 aliphatic rings. The van der Waals surface area contributed by atoms with Gasteiger partial charge in [-0.15, -0.1) is 17.7 Å². The second-order valence-electron chi connectivity index (χ2n) is 7.56. The van der Waals surface area contributed by atoms with Crippen LogP contribution >= 0.6 is 11.8 Å². The van der Waals surface area contributed by atoms with Crippen LogP contribution in [0.1, 0.15) is 23.6 Å². The Kier molecular flexibility index (Phi) is 6.78. The summed E-state index contributed by atoms with van der Waals surface area (Å²) in [5, 5.41) is 9.19. The molecule has 0 radical (unpaired) electrons. The second kappa shape index (κ2) is 8.95. The van der Waals surface area contributed by atoms with Crippen molar-refractivity contribution in [1.82, 2.24) is 0 Å². The normalized spacial score (nSPS) is 16.6. The number of rotatable bonds is 3. The minimum Gasteiger partial charge on any atom is -0.369 e. The molecule has 33 heavy (non-hydrogen) atoms. The number of carbonyl (C=O) groups is 1. The van der Waals surface area contributed by atoms with Crippen molar-refractivity contribution in [3.05, 3.63) is 59.2 Å². The second-order valence-corrected chi connectivity index (χ2v) is 8.80. The number of aliphatic hydroxyl groups is 1. The van der Waals surface area contributed by atoms with Crippen LogP contribution in [0, 0.1) is 18.8 Å². The quantitative estimate of drug-likeness (QED) is 0.467. The van der Waals surface area contributed by atoms with Crippen molar-refractivity contribution >= 4 is 23.4 Å². The van der Waals surface area contributed by atoms with Crippen LogP contribution in [0.2, 0.25) is 0 Å². The van der Waals surface area contributed by atoms with Crippen LogP contribution in [0.4, 0.5) is 32.0 Å². The van der Waals surface area contributed by atoms with Gasteiger partial charge in [0.05, 0.1) is 17.4 Å². The van der Waals surface area contributed by atoms with Crippen molar-refractivity contribution in [1.29, 1.82) is 0 Å². The van der Waals surface area contributed by atoms with Gasteiger partial charge >= 0.3 is 12.4 Å². The molecule has 176 valence electrons. The first-order valence-electron chi connectivity index (χ1n) is 9.73. The summed E-state index contributed by atoms with van der Waals surface area (Å²) >= 11 is 0.949. The molecule has 0 aliphatic carbocycles. The van der Waals surface area contributed by atoms with Crippen LogP contribution in [-0.2, 0) is 16.8 Å². The summed E-state index contributed by atoms with van der Waals surface area (Å²) in [4.78, 5) is 14.3. The molecule has 1 aliphatic heterocycles. The van der Waals surface area contributed by atoms with Crippen LogP contribution in [0.25, 0.3) is 0 Å². The van der Waals surface area contributed by atoms with Gasteiger partial charge in [0, 0.05) is 17.0 Å². The van der Waals surface area contributed by atoms with E-state index in [0.717, 1.165) is 23.4 Å². The Labute approximate surface area is 190 Å². The Hall–Kier alpha value is -2.64. The van der Waals surface area contributed by atoms with Crippen molar-refractivity contribution in [3.8, 4) is 11.8 Å². The lowest BCUT2D eigenvalue weighted by molar-refractivity contribution is -0.376. The molecule has 0 fully saturated rings. The Morgan fingerprint density at radius 1 is 1.09 bits per heavy atom. The molecule has 0 spiro atoms. The number of alkyl halides is 6. The Balaban J connectivity index is 2.04. The Bertz CT molecular complexity index is 1090. The lowest BCUT2D eigenvalue weighted by Crippen LogP contribution is -2.54. The van der Waals surface area contributed by atoms with Gasteiger partial charge in [0.1, 0.15) is 0 Å². The molecule has 2 aromatic carbocycles. The van der Waals surface area contributed by atoms with E-state index < -0.39 is 28.8 Å². The maximum atomic E-state index is 13.3. The summed E-state index contributed by atoms with van der Waals surface area (Å²) < 4.78 is 80.0. The molecule has 3 rings (SSSR count). The highest BCUT2D eigenvalue weighted by molar-refractivity contribution is 8.00. The number of carbonyl (C=O) groups excluding carboxylic acids is 1. The molecule has 10 heteroatoms.